The Morgan fingerprint density at radius 2 is 0.958 bits per heavy atom. The summed E-state index contributed by atoms with van der Waals surface area (Å²) in [4.78, 5) is 21.9. The lowest BCUT2D eigenvalue weighted by atomic mass is 9.98. The number of benzene rings is 1. The molecule has 1 aromatic carbocycles. The van der Waals surface area contributed by atoms with Crippen molar-refractivity contribution in [2.75, 3.05) is 13.2 Å². The van der Waals surface area contributed by atoms with Gasteiger partial charge in [0.1, 0.15) is 11.5 Å². The van der Waals surface area contributed by atoms with E-state index in [1.54, 1.807) is 0 Å². The predicted octanol–water partition coefficient (Wildman–Crippen LogP) is -0.942. The minimum absolute atomic E-state index is 0.0669. The van der Waals surface area contributed by atoms with Gasteiger partial charge in [-0.05, 0) is 24.3 Å². The molecule has 1 aromatic rings. The zero-order valence-corrected chi connectivity index (χ0v) is 12.6. The molecule has 0 unspecified atom stereocenters. The molecule has 0 spiro atoms. The average Bonchev–Trinajstić information content (AvgIpc) is 2.58. The van der Waals surface area contributed by atoms with Crippen LogP contribution in [-0.4, -0.2) is 55.4 Å². The number of phenols is 2. The second-order valence-corrected chi connectivity index (χ2v) is 4.81. The number of rotatable bonds is 4. The number of aromatic hydroxyl groups is 2. The zero-order valence-electron chi connectivity index (χ0n) is 12.6. The molecule has 24 heavy (non-hydrogen) atoms. The molecule has 0 bridgehead atoms. The van der Waals surface area contributed by atoms with E-state index in [0.29, 0.717) is 0 Å². The summed E-state index contributed by atoms with van der Waals surface area (Å²) in [5.74, 6) is -1.08. The Hall–Kier alpha value is -2.52. The predicted molar refractivity (Wildman–Crippen MR) is 82.0 cm³/mol. The molecular weight excluding hydrogens is 320 g/mol. The van der Waals surface area contributed by atoms with Gasteiger partial charge in [0, 0.05) is 22.3 Å². The van der Waals surface area contributed by atoms with Gasteiger partial charge < -0.3 is 30.6 Å². The molecule has 0 aromatic heterocycles. The molecule has 0 atom stereocenters. The maximum absolute atomic E-state index is 11.0. The Balaban J connectivity index is 0.000000240. The Bertz CT molecular complexity index is 628. The highest BCUT2D eigenvalue weighted by molar-refractivity contribution is 6.20. The molecule has 0 radical (unpaired) electrons. The number of allylic oxidation sites excluding steroid dienone is 2. The van der Waals surface area contributed by atoms with Gasteiger partial charge in [-0.3, -0.25) is 9.59 Å². The summed E-state index contributed by atoms with van der Waals surface area (Å²) >= 11 is 0. The quantitative estimate of drug-likeness (QED) is 0.303. The third-order valence-electron chi connectivity index (χ3n) is 3.20. The number of aliphatic hydroxyl groups excluding tert-OH is 4. The number of hydrogen-bond acceptors (Lipinski definition) is 8. The van der Waals surface area contributed by atoms with Gasteiger partial charge in [0.05, 0.1) is 26.4 Å². The number of aliphatic hydroxyl groups is 4. The molecular formula is C16H18O8. The maximum atomic E-state index is 11.0. The van der Waals surface area contributed by atoms with Crippen LogP contribution in [0.15, 0.2) is 35.4 Å². The number of hydrogen-bond donors (Lipinski definition) is 6. The van der Waals surface area contributed by atoms with Crippen molar-refractivity contribution in [3.63, 3.8) is 0 Å². The van der Waals surface area contributed by atoms with E-state index >= 15 is 0 Å². The molecule has 0 saturated heterocycles. The summed E-state index contributed by atoms with van der Waals surface area (Å²) in [6.45, 7) is -1.57. The van der Waals surface area contributed by atoms with Crippen LogP contribution in [-0.2, 0) is 22.8 Å². The number of carbonyl (C=O) groups excluding carboxylic acids is 2. The van der Waals surface area contributed by atoms with Crippen LogP contribution in [0.3, 0.4) is 0 Å². The molecule has 0 saturated carbocycles. The van der Waals surface area contributed by atoms with Crippen LogP contribution >= 0.6 is 0 Å². The summed E-state index contributed by atoms with van der Waals surface area (Å²) in [7, 11) is 0. The van der Waals surface area contributed by atoms with Crippen LogP contribution in [0.25, 0.3) is 0 Å². The summed E-state index contributed by atoms with van der Waals surface area (Å²) < 4.78 is 0. The maximum Gasteiger partial charge on any atom is 0.184 e. The van der Waals surface area contributed by atoms with Crippen LogP contribution in [0.2, 0.25) is 0 Å². The molecule has 0 fully saturated rings. The third-order valence-corrected chi connectivity index (χ3v) is 3.20. The topological polar surface area (TPSA) is 156 Å². The highest BCUT2D eigenvalue weighted by atomic mass is 16.3. The smallest absolute Gasteiger partial charge is 0.184 e. The summed E-state index contributed by atoms with van der Waals surface area (Å²) in [5.41, 5.74) is 0.615. The fourth-order valence-corrected chi connectivity index (χ4v) is 1.81. The van der Waals surface area contributed by atoms with Crippen molar-refractivity contribution in [1.82, 2.24) is 0 Å². The molecule has 8 nitrogen and oxygen atoms in total. The lowest BCUT2D eigenvalue weighted by molar-refractivity contribution is -0.115. The van der Waals surface area contributed by atoms with Crippen molar-refractivity contribution in [3.8, 4) is 11.5 Å². The van der Waals surface area contributed by atoms with Gasteiger partial charge >= 0.3 is 0 Å². The Morgan fingerprint density at radius 1 is 0.625 bits per heavy atom. The van der Waals surface area contributed by atoms with Crippen LogP contribution in [0.1, 0.15) is 11.1 Å². The number of carbonyl (C=O) groups is 2. The lowest BCUT2D eigenvalue weighted by Gasteiger charge is -2.07. The second kappa shape index (κ2) is 8.94. The molecule has 1 aliphatic rings. The number of ketones is 2. The second-order valence-electron chi connectivity index (χ2n) is 4.81. The molecule has 1 aliphatic carbocycles. The van der Waals surface area contributed by atoms with Crippen molar-refractivity contribution < 1.29 is 40.2 Å². The normalized spacial score (nSPS) is 13.8. The average molecular weight is 338 g/mol. The van der Waals surface area contributed by atoms with Gasteiger partial charge in [-0.2, -0.15) is 0 Å². The van der Waals surface area contributed by atoms with Crippen molar-refractivity contribution in [1.29, 1.82) is 0 Å². The lowest BCUT2D eigenvalue weighted by Crippen LogP contribution is -2.17. The van der Waals surface area contributed by atoms with Gasteiger partial charge in [0.2, 0.25) is 0 Å². The van der Waals surface area contributed by atoms with Crippen LogP contribution in [0, 0.1) is 0 Å². The Morgan fingerprint density at radius 3 is 1.21 bits per heavy atom. The molecule has 0 amide bonds. The summed E-state index contributed by atoms with van der Waals surface area (Å²) in [6, 6.07) is 2.45. The van der Waals surface area contributed by atoms with E-state index in [1.807, 2.05) is 0 Å². The van der Waals surface area contributed by atoms with Crippen LogP contribution < -0.4 is 0 Å². The SMILES string of the molecule is O=C1C=C(CO)C(=O)C=C1CO.OCc1cc(O)c(CO)cc1O. The van der Waals surface area contributed by atoms with Gasteiger partial charge in [-0.1, -0.05) is 0 Å². The van der Waals surface area contributed by atoms with Crippen molar-refractivity contribution >= 4 is 11.6 Å². The van der Waals surface area contributed by atoms with Crippen molar-refractivity contribution in [2.45, 2.75) is 13.2 Å². The van der Waals surface area contributed by atoms with E-state index in [2.05, 4.69) is 0 Å². The van der Waals surface area contributed by atoms with Crippen LogP contribution in [0.5, 0.6) is 11.5 Å². The first-order valence-electron chi connectivity index (χ1n) is 6.84. The molecule has 0 heterocycles. The van der Waals surface area contributed by atoms with Crippen LogP contribution in [0.4, 0.5) is 0 Å². The standard InChI is InChI=1S/C8H10O4.C8H8O4/c2*9-3-5-1-7(11)6(4-10)2-8(5)12/h1-2,9-12H,3-4H2;1-2,9-10H,3-4H2. The monoisotopic (exact) mass is 338 g/mol. The molecule has 6 N–H and O–H groups in total. The minimum atomic E-state index is -0.445. The fraction of sp³-hybridized carbons (Fsp3) is 0.250. The van der Waals surface area contributed by atoms with E-state index in [9.17, 15) is 9.59 Å². The molecule has 130 valence electrons. The van der Waals surface area contributed by atoms with Crippen molar-refractivity contribution in [3.05, 3.63) is 46.6 Å². The fourth-order valence-electron chi connectivity index (χ4n) is 1.81. The first-order valence-corrected chi connectivity index (χ1v) is 6.84. The van der Waals surface area contributed by atoms with E-state index in [4.69, 9.17) is 30.6 Å². The largest absolute Gasteiger partial charge is 0.508 e. The summed E-state index contributed by atoms with van der Waals surface area (Å²) in [5, 5.41) is 52.9. The zero-order chi connectivity index (χ0) is 18.3. The highest BCUT2D eigenvalue weighted by Crippen LogP contribution is 2.26. The van der Waals surface area contributed by atoms with Crippen molar-refractivity contribution in [2.24, 2.45) is 0 Å². The molecule has 0 aliphatic heterocycles. The Kier molecular flexibility index (Phi) is 7.28. The van der Waals surface area contributed by atoms with E-state index in [-0.39, 0.29) is 47.0 Å². The first-order chi connectivity index (χ1) is 11.4. The molecule has 2 rings (SSSR count). The summed E-state index contributed by atoms with van der Waals surface area (Å²) in [6.07, 6.45) is 2.10. The highest BCUT2D eigenvalue weighted by Gasteiger charge is 2.18. The Labute approximate surface area is 137 Å². The van der Waals surface area contributed by atoms with Gasteiger partial charge in [-0.15, -0.1) is 0 Å². The van der Waals surface area contributed by atoms with Gasteiger partial charge in [-0.25, -0.2) is 0 Å². The van der Waals surface area contributed by atoms with Gasteiger partial charge in [0.15, 0.2) is 11.6 Å². The van der Waals surface area contributed by atoms with E-state index in [0.717, 1.165) is 12.2 Å². The first kappa shape index (κ1) is 19.5. The van der Waals surface area contributed by atoms with E-state index < -0.39 is 24.8 Å². The third kappa shape index (κ3) is 4.74. The van der Waals surface area contributed by atoms with E-state index in [1.165, 1.54) is 12.1 Å². The van der Waals surface area contributed by atoms with Gasteiger partial charge in [0.25, 0.3) is 0 Å². The minimum Gasteiger partial charge on any atom is -0.508 e. The molecule has 8 heteroatoms.